The number of ether oxygens (including phenoxy) is 2. The van der Waals surface area contributed by atoms with Gasteiger partial charge in [-0.1, -0.05) is 23.9 Å². The Morgan fingerprint density at radius 2 is 1.87 bits per heavy atom. The molecule has 0 spiro atoms. The van der Waals surface area contributed by atoms with Gasteiger partial charge in [-0.3, -0.25) is 4.57 Å². The van der Waals surface area contributed by atoms with Crippen LogP contribution in [0.3, 0.4) is 0 Å². The van der Waals surface area contributed by atoms with Crippen molar-refractivity contribution in [1.82, 2.24) is 4.57 Å². The molecule has 0 unspecified atom stereocenters. The summed E-state index contributed by atoms with van der Waals surface area (Å²) in [5.74, 6) is 0.668. The van der Waals surface area contributed by atoms with Crippen molar-refractivity contribution in [1.29, 1.82) is 5.26 Å². The number of nitriles is 1. The fourth-order valence-corrected chi connectivity index (χ4v) is 4.17. The van der Waals surface area contributed by atoms with Crippen LogP contribution in [0.25, 0.3) is 0 Å². The first-order chi connectivity index (χ1) is 18.5. The maximum absolute atomic E-state index is 12.5. The summed E-state index contributed by atoms with van der Waals surface area (Å²) in [5.41, 5.74) is 2.59. The molecule has 0 N–H and O–H groups in total. The number of thioether (sulfide) groups is 1. The third kappa shape index (κ3) is 8.62. The van der Waals surface area contributed by atoms with Crippen molar-refractivity contribution in [3.05, 3.63) is 94.5 Å². The fourth-order valence-electron chi connectivity index (χ4n) is 3.35. The third-order valence-corrected chi connectivity index (χ3v) is 6.26. The Labute approximate surface area is 234 Å². The Hall–Kier alpha value is -4.29. The molecular formula is C30H33N5O3S. The molecule has 0 saturated carbocycles. The summed E-state index contributed by atoms with van der Waals surface area (Å²) >= 11 is 1.47. The second-order valence-electron chi connectivity index (χ2n) is 9.83. The van der Waals surface area contributed by atoms with Gasteiger partial charge in [0.15, 0.2) is 5.84 Å². The molecule has 0 saturated heterocycles. The van der Waals surface area contributed by atoms with Gasteiger partial charge in [-0.25, -0.2) is 9.79 Å². The second kappa shape index (κ2) is 13.0. The summed E-state index contributed by atoms with van der Waals surface area (Å²) in [7, 11) is 3.97. The minimum atomic E-state index is -0.622. The number of hydrogen-bond acceptors (Lipinski definition) is 7. The molecule has 0 bridgehead atoms. The van der Waals surface area contributed by atoms with E-state index >= 15 is 0 Å². The quantitative estimate of drug-likeness (QED) is 0.133. The molecule has 8 nitrogen and oxygen atoms in total. The number of hydrogen-bond donors (Lipinski definition) is 0. The number of anilines is 1. The van der Waals surface area contributed by atoms with Crippen LogP contribution >= 0.6 is 11.8 Å². The highest BCUT2D eigenvalue weighted by Gasteiger charge is 2.19. The van der Waals surface area contributed by atoms with Crippen molar-refractivity contribution in [2.24, 2.45) is 9.98 Å². The molecule has 0 radical (unpaired) electrons. The monoisotopic (exact) mass is 543 g/mol. The van der Waals surface area contributed by atoms with Crippen molar-refractivity contribution >= 4 is 36.1 Å². The van der Waals surface area contributed by atoms with Crippen LogP contribution in [0.1, 0.15) is 44.4 Å². The summed E-state index contributed by atoms with van der Waals surface area (Å²) in [6.45, 7) is 11.3. The summed E-state index contributed by atoms with van der Waals surface area (Å²) in [6.07, 6.45) is 2.69. The van der Waals surface area contributed by atoms with Crippen LogP contribution in [-0.2, 0) is 16.1 Å². The van der Waals surface area contributed by atoms with Crippen LogP contribution < -0.4 is 4.90 Å². The van der Waals surface area contributed by atoms with Crippen molar-refractivity contribution in [2.75, 3.05) is 19.0 Å². The van der Waals surface area contributed by atoms with Gasteiger partial charge in [0.2, 0.25) is 5.88 Å². The average molecular weight is 544 g/mol. The predicted octanol–water partition coefficient (Wildman–Crippen LogP) is 6.85. The Balaban J connectivity index is 1.94. The minimum absolute atomic E-state index is 0.287. The van der Waals surface area contributed by atoms with E-state index in [1.165, 1.54) is 16.3 Å². The zero-order valence-corrected chi connectivity index (χ0v) is 24.0. The first kappa shape index (κ1) is 29.3. The normalized spacial score (nSPS) is 12.3. The van der Waals surface area contributed by atoms with Crippen LogP contribution in [-0.4, -0.2) is 42.9 Å². The lowest BCUT2D eigenvalue weighted by atomic mass is 10.2. The summed E-state index contributed by atoms with van der Waals surface area (Å²) in [4.78, 5) is 25.1. The van der Waals surface area contributed by atoms with Gasteiger partial charge in [0, 0.05) is 47.5 Å². The molecule has 1 aromatic heterocycles. The molecular weight excluding hydrogens is 510 g/mol. The van der Waals surface area contributed by atoms with Gasteiger partial charge in [-0.05, 0) is 82.4 Å². The average Bonchev–Trinajstić information content (AvgIpc) is 3.39. The van der Waals surface area contributed by atoms with Gasteiger partial charge in [-0.2, -0.15) is 10.3 Å². The molecule has 9 heteroatoms. The maximum atomic E-state index is 12.5. The molecule has 0 aliphatic heterocycles. The number of aromatic nitrogens is 1. The molecule has 0 aliphatic rings. The molecule has 202 valence electrons. The van der Waals surface area contributed by atoms with Crippen LogP contribution in [0.4, 0.5) is 10.5 Å². The van der Waals surface area contributed by atoms with Crippen molar-refractivity contribution in [2.45, 2.75) is 44.8 Å². The Morgan fingerprint density at radius 3 is 2.49 bits per heavy atom. The first-order valence-electron chi connectivity index (χ1n) is 12.2. The Bertz CT molecular complexity index is 1420. The van der Waals surface area contributed by atoms with E-state index in [-0.39, 0.29) is 6.61 Å². The van der Waals surface area contributed by atoms with E-state index in [9.17, 15) is 4.79 Å². The summed E-state index contributed by atoms with van der Waals surface area (Å²) < 4.78 is 13.0. The second-order valence-corrected chi connectivity index (χ2v) is 11.1. The number of amidine groups is 1. The molecule has 1 heterocycles. The van der Waals surface area contributed by atoms with Crippen molar-refractivity contribution in [3.63, 3.8) is 0 Å². The van der Waals surface area contributed by atoms with Crippen LogP contribution in [0.15, 0.2) is 92.7 Å². The smallest absolute Gasteiger partial charge is 0.418 e. The zero-order chi connectivity index (χ0) is 28.6. The van der Waals surface area contributed by atoms with Gasteiger partial charge in [0.1, 0.15) is 12.2 Å². The van der Waals surface area contributed by atoms with Crippen molar-refractivity contribution < 1.29 is 14.3 Å². The molecule has 3 aromatic rings. The van der Waals surface area contributed by atoms with Crippen molar-refractivity contribution in [3.8, 4) is 6.07 Å². The Morgan fingerprint density at radius 1 is 1.15 bits per heavy atom. The van der Waals surface area contributed by atoms with Gasteiger partial charge in [-0.15, -0.1) is 0 Å². The number of allylic oxidation sites excluding steroid dienone is 1. The van der Waals surface area contributed by atoms with Gasteiger partial charge >= 0.3 is 6.09 Å². The van der Waals surface area contributed by atoms with Gasteiger partial charge in [0.05, 0.1) is 11.6 Å². The van der Waals surface area contributed by atoms with Crippen LogP contribution in [0.2, 0.25) is 0 Å². The van der Waals surface area contributed by atoms with E-state index < -0.39 is 11.7 Å². The van der Waals surface area contributed by atoms with Gasteiger partial charge in [0.25, 0.3) is 0 Å². The lowest BCUT2D eigenvalue weighted by Crippen LogP contribution is -2.26. The van der Waals surface area contributed by atoms with E-state index in [2.05, 4.69) is 23.8 Å². The lowest BCUT2D eigenvalue weighted by molar-refractivity contribution is 0.0537. The molecule has 0 atom stereocenters. The number of carbonyl (C=O) groups is 1. The number of benzene rings is 2. The SMILES string of the molecule is C=N/C(=N\C(OCc1cccc(N(C)C)c1)=C(/C)Sc1ccc(C#N)cc1)c1ccn(C(=O)OC(C)(C)C)c1. The minimum Gasteiger partial charge on any atom is -0.472 e. The summed E-state index contributed by atoms with van der Waals surface area (Å²) in [5, 5.41) is 9.10. The molecule has 3 rings (SSSR count). The van der Waals surface area contributed by atoms with E-state index in [4.69, 9.17) is 19.7 Å². The molecule has 39 heavy (non-hydrogen) atoms. The number of aliphatic imine (C=N–C) groups is 2. The van der Waals surface area contributed by atoms with E-state index in [1.807, 2.05) is 77.0 Å². The Kier molecular flexibility index (Phi) is 9.74. The van der Waals surface area contributed by atoms with E-state index in [0.29, 0.717) is 22.8 Å². The summed E-state index contributed by atoms with van der Waals surface area (Å²) in [6, 6.07) is 19.2. The topological polar surface area (TPSA) is 92.2 Å². The highest BCUT2D eigenvalue weighted by Crippen LogP contribution is 2.31. The predicted molar refractivity (Wildman–Crippen MR) is 157 cm³/mol. The van der Waals surface area contributed by atoms with Crippen LogP contribution in [0, 0.1) is 11.3 Å². The highest BCUT2D eigenvalue weighted by atomic mass is 32.2. The molecule has 0 aliphatic carbocycles. The van der Waals surface area contributed by atoms with Gasteiger partial charge < -0.3 is 14.4 Å². The van der Waals surface area contributed by atoms with Crippen LogP contribution in [0.5, 0.6) is 0 Å². The zero-order valence-electron chi connectivity index (χ0n) is 23.1. The fraction of sp³-hybridized carbons (Fsp3) is 0.267. The lowest BCUT2D eigenvalue weighted by Gasteiger charge is -2.19. The first-order valence-corrected chi connectivity index (χ1v) is 13.1. The largest absolute Gasteiger partial charge is 0.472 e. The third-order valence-electron chi connectivity index (χ3n) is 5.27. The van der Waals surface area contributed by atoms with E-state index in [0.717, 1.165) is 21.1 Å². The standard InChI is InChI=1S/C30H33N5O3S/c1-21(39-26-13-11-22(18-31)12-14-26)28(37-20-23-9-8-10-25(17-23)34(6)7)33-27(32-5)24-15-16-35(19-24)29(36)38-30(2,3)4/h8-17,19H,5,20H2,1-4,6-7H3/b28-21-,33-27-. The number of rotatable bonds is 8. The van der Waals surface area contributed by atoms with E-state index in [1.54, 1.807) is 30.6 Å². The highest BCUT2D eigenvalue weighted by molar-refractivity contribution is 8.03. The maximum Gasteiger partial charge on any atom is 0.418 e. The molecule has 0 fully saturated rings. The molecule has 0 amide bonds. The number of nitrogens with zero attached hydrogens (tertiary/aromatic N) is 5. The molecule has 2 aromatic carbocycles. The number of carbonyl (C=O) groups excluding carboxylic acids is 1.